The second-order valence-corrected chi connectivity index (χ2v) is 7.58. The van der Waals surface area contributed by atoms with E-state index in [4.69, 9.17) is 10.1 Å². The molecule has 34 heavy (non-hydrogen) atoms. The van der Waals surface area contributed by atoms with E-state index in [1.165, 1.54) is 19.5 Å². The summed E-state index contributed by atoms with van der Waals surface area (Å²) in [6.45, 7) is 3.56. The summed E-state index contributed by atoms with van der Waals surface area (Å²) >= 11 is 3.22. The minimum Gasteiger partial charge on any atom is -0.489 e. The van der Waals surface area contributed by atoms with E-state index in [0.29, 0.717) is 26.9 Å². The molecule has 3 rings (SSSR count). The first-order chi connectivity index (χ1) is 16.3. The molecule has 1 aromatic heterocycles. The van der Waals surface area contributed by atoms with Crippen LogP contribution in [0.3, 0.4) is 0 Å². The van der Waals surface area contributed by atoms with Gasteiger partial charge in [0.15, 0.2) is 0 Å². The third-order valence-corrected chi connectivity index (χ3v) is 4.91. The number of hydrogen-bond donors (Lipinski definition) is 4. The Morgan fingerprint density at radius 3 is 2.74 bits per heavy atom. The molecule has 176 valence electrons. The first kappa shape index (κ1) is 24.6. The van der Waals surface area contributed by atoms with Crippen molar-refractivity contribution in [1.29, 1.82) is 5.41 Å². The normalized spacial score (nSPS) is 10.3. The number of rotatable bonds is 8. The quantitative estimate of drug-likeness (QED) is 0.151. The van der Waals surface area contributed by atoms with Gasteiger partial charge in [0.1, 0.15) is 30.3 Å². The standard InChI is InChI=1S/C22H20BrFN6O4/c1-3-19(31)29-17-9-13-16(10-18(17)34-7-6-26-22(32)20(25)33-2)27-11-28-21(13)30-15-5-4-12(23)8-14(15)24/h3-5,8-11,25H,1,6-7H2,2H3,(H,26,32)(H,29,31)(H,27,28,30). The average molecular weight is 531 g/mol. The summed E-state index contributed by atoms with van der Waals surface area (Å²) in [5.74, 6) is -1.58. The van der Waals surface area contributed by atoms with Crippen LogP contribution in [0.1, 0.15) is 0 Å². The van der Waals surface area contributed by atoms with Crippen molar-refractivity contribution in [3.63, 3.8) is 0 Å². The first-order valence-corrected chi connectivity index (χ1v) is 10.6. The predicted octanol–water partition coefficient (Wildman–Crippen LogP) is 3.52. The van der Waals surface area contributed by atoms with E-state index in [9.17, 15) is 14.0 Å². The summed E-state index contributed by atoms with van der Waals surface area (Å²) in [5, 5.41) is 15.9. The molecule has 0 unspecified atom stereocenters. The predicted molar refractivity (Wildman–Crippen MR) is 129 cm³/mol. The van der Waals surface area contributed by atoms with E-state index in [2.05, 4.69) is 53.2 Å². The molecular weight excluding hydrogens is 511 g/mol. The van der Waals surface area contributed by atoms with Gasteiger partial charge >= 0.3 is 5.91 Å². The Morgan fingerprint density at radius 2 is 2.03 bits per heavy atom. The van der Waals surface area contributed by atoms with Crippen molar-refractivity contribution in [3.05, 3.63) is 59.6 Å². The van der Waals surface area contributed by atoms with Crippen molar-refractivity contribution in [1.82, 2.24) is 15.3 Å². The molecule has 2 aromatic carbocycles. The van der Waals surface area contributed by atoms with Gasteiger partial charge in [-0.15, -0.1) is 0 Å². The fourth-order valence-corrected chi connectivity index (χ4v) is 3.13. The maximum Gasteiger partial charge on any atom is 0.306 e. The van der Waals surface area contributed by atoms with Crippen LogP contribution in [0.25, 0.3) is 10.9 Å². The number of ether oxygens (including phenoxy) is 2. The molecule has 12 heteroatoms. The van der Waals surface area contributed by atoms with Gasteiger partial charge in [-0.2, -0.15) is 0 Å². The number of carbonyl (C=O) groups is 2. The Kier molecular flexibility index (Phi) is 8.09. The number of amides is 2. The van der Waals surface area contributed by atoms with E-state index in [1.54, 1.807) is 24.3 Å². The number of aromatic nitrogens is 2. The van der Waals surface area contributed by atoms with E-state index >= 15 is 0 Å². The van der Waals surface area contributed by atoms with Crippen molar-refractivity contribution >= 4 is 61.7 Å². The van der Waals surface area contributed by atoms with Crippen molar-refractivity contribution < 1.29 is 23.5 Å². The summed E-state index contributed by atoms with van der Waals surface area (Å²) in [7, 11) is 1.22. The highest BCUT2D eigenvalue weighted by atomic mass is 79.9. The van der Waals surface area contributed by atoms with Gasteiger partial charge in [-0.1, -0.05) is 22.5 Å². The smallest absolute Gasteiger partial charge is 0.306 e. The molecule has 0 bridgehead atoms. The summed E-state index contributed by atoms with van der Waals surface area (Å²) < 4.78 is 25.2. The van der Waals surface area contributed by atoms with Crippen LogP contribution in [0.2, 0.25) is 0 Å². The maximum absolute atomic E-state index is 14.3. The Bertz CT molecular complexity index is 1270. The van der Waals surface area contributed by atoms with Gasteiger partial charge < -0.3 is 25.4 Å². The fourth-order valence-electron chi connectivity index (χ4n) is 2.80. The minimum absolute atomic E-state index is 0.0332. The third kappa shape index (κ3) is 6.04. The number of nitrogens with zero attached hydrogens (tertiary/aromatic N) is 2. The molecule has 0 aliphatic rings. The lowest BCUT2D eigenvalue weighted by molar-refractivity contribution is -0.116. The van der Waals surface area contributed by atoms with E-state index in [1.807, 2.05) is 0 Å². The van der Waals surface area contributed by atoms with Gasteiger partial charge in [0, 0.05) is 15.9 Å². The molecule has 0 atom stereocenters. The van der Waals surface area contributed by atoms with Crippen LogP contribution in [0.5, 0.6) is 5.75 Å². The molecule has 0 aliphatic heterocycles. The molecule has 0 spiro atoms. The van der Waals surface area contributed by atoms with Crippen LogP contribution >= 0.6 is 15.9 Å². The van der Waals surface area contributed by atoms with Crippen molar-refractivity contribution in [3.8, 4) is 5.75 Å². The van der Waals surface area contributed by atoms with Gasteiger partial charge in [-0.25, -0.2) is 14.4 Å². The monoisotopic (exact) mass is 530 g/mol. The second kappa shape index (κ2) is 11.2. The molecule has 10 nitrogen and oxygen atoms in total. The lowest BCUT2D eigenvalue weighted by Gasteiger charge is -2.15. The molecular formula is C22H20BrFN6O4. The number of anilines is 3. The van der Waals surface area contributed by atoms with Gasteiger partial charge in [-0.05, 0) is 30.3 Å². The zero-order valence-electron chi connectivity index (χ0n) is 17.9. The van der Waals surface area contributed by atoms with Crippen LogP contribution in [-0.2, 0) is 14.3 Å². The summed E-state index contributed by atoms with van der Waals surface area (Å²) in [6.07, 6.45) is 2.41. The molecule has 2 amide bonds. The summed E-state index contributed by atoms with van der Waals surface area (Å²) in [6, 6.07) is 7.73. The van der Waals surface area contributed by atoms with E-state index in [-0.39, 0.29) is 24.6 Å². The molecule has 0 radical (unpaired) electrons. The topological polar surface area (TPSA) is 138 Å². The highest BCUT2D eigenvalue weighted by Crippen LogP contribution is 2.34. The molecule has 0 saturated carbocycles. The zero-order chi connectivity index (χ0) is 24.7. The van der Waals surface area contributed by atoms with Gasteiger partial charge in [-0.3, -0.25) is 15.0 Å². The first-order valence-electron chi connectivity index (χ1n) is 9.80. The van der Waals surface area contributed by atoms with Crippen molar-refractivity contribution in [2.75, 3.05) is 30.9 Å². The number of benzene rings is 2. The summed E-state index contributed by atoms with van der Waals surface area (Å²) in [4.78, 5) is 32.0. The molecule has 4 N–H and O–H groups in total. The van der Waals surface area contributed by atoms with Crippen LogP contribution in [0.15, 0.2) is 53.8 Å². The van der Waals surface area contributed by atoms with Crippen molar-refractivity contribution in [2.45, 2.75) is 0 Å². The van der Waals surface area contributed by atoms with Crippen LogP contribution < -0.4 is 20.7 Å². The average Bonchev–Trinajstić information content (AvgIpc) is 2.83. The molecule has 0 saturated heterocycles. The Labute approximate surface area is 202 Å². The highest BCUT2D eigenvalue weighted by molar-refractivity contribution is 9.10. The Balaban J connectivity index is 1.89. The SMILES string of the molecule is C=CC(=O)Nc1cc2c(Nc3ccc(Br)cc3F)ncnc2cc1OCCNC(=O)C(=N)OC. The lowest BCUT2D eigenvalue weighted by atomic mass is 10.1. The zero-order valence-corrected chi connectivity index (χ0v) is 19.5. The number of hydrogen-bond acceptors (Lipinski definition) is 8. The van der Waals surface area contributed by atoms with E-state index < -0.39 is 23.5 Å². The molecule has 0 fully saturated rings. The third-order valence-electron chi connectivity index (χ3n) is 4.42. The van der Waals surface area contributed by atoms with E-state index in [0.717, 1.165) is 6.08 Å². The molecule has 1 heterocycles. The number of nitrogens with one attached hydrogen (secondary N) is 4. The number of carbonyl (C=O) groups excluding carboxylic acids is 2. The highest BCUT2D eigenvalue weighted by Gasteiger charge is 2.15. The van der Waals surface area contributed by atoms with Crippen LogP contribution in [-0.4, -0.2) is 47.9 Å². The number of fused-ring (bicyclic) bond motifs is 1. The lowest BCUT2D eigenvalue weighted by Crippen LogP contribution is -2.34. The van der Waals surface area contributed by atoms with Crippen LogP contribution in [0, 0.1) is 11.2 Å². The molecule has 0 aliphatic carbocycles. The Hall–Kier alpha value is -4.06. The largest absolute Gasteiger partial charge is 0.489 e. The minimum atomic E-state index is -0.687. The van der Waals surface area contributed by atoms with Crippen LogP contribution in [0.4, 0.5) is 21.6 Å². The number of methoxy groups -OCH3 is 1. The fraction of sp³-hybridized carbons (Fsp3) is 0.136. The van der Waals surface area contributed by atoms with Gasteiger partial charge in [0.25, 0.3) is 5.90 Å². The number of halogens is 2. The summed E-state index contributed by atoms with van der Waals surface area (Å²) in [5.41, 5.74) is 0.965. The van der Waals surface area contributed by atoms with Crippen molar-refractivity contribution in [2.24, 2.45) is 0 Å². The second-order valence-electron chi connectivity index (χ2n) is 6.67. The Morgan fingerprint density at radius 1 is 1.24 bits per heavy atom. The van der Waals surface area contributed by atoms with Gasteiger partial charge in [0.2, 0.25) is 5.91 Å². The van der Waals surface area contributed by atoms with Gasteiger partial charge in [0.05, 0.1) is 30.5 Å². The maximum atomic E-state index is 14.3. The molecule has 3 aromatic rings.